The molecular formula is C24H32N4O4. The van der Waals surface area contributed by atoms with Crippen LogP contribution in [0.1, 0.15) is 60.0 Å². The van der Waals surface area contributed by atoms with Gasteiger partial charge in [-0.15, -0.1) is 0 Å². The molecule has 1 aromatic carbocycles. The minimum atomic E-state index is -0.582. The van der Waals surface area contributed by atoms with Gasteiger partial charge < -0.3 is 15.3 Å². The van der Waals surface area contributed by atoms with E-state index in [-0.39, 0.29) is 24.1 Å². The highest BCUT2D eigenvalue weighted by molar-refractivity contribution is 6.05. The van der Waals surface area contributed by atoms with Crippen LogP contribution in [-0.2, 0) is 22.7 Å². The maximum Gasteiger partial charge on any atom is 0.255 e. The average Bonchev–Trinajstić information content (AvgIpc) is 3.12. The molecule has 1 unspecified atom stereocenters. The van der Waals surface area contributed by atoms with Crippen molar-refractivity contribution in [1.29, 1.82) is 0 Å². The topological polar surface area (TPSA) is 102 Å². The minimum Gasteiger partial charge on any atom is -0.390 e. The number of carbonyl (C=O) groups excluding carboxylic acids is 3. The van der Waals surface area contributed by atoms with Crippen LogP contribution in [0.3, 0.4) is 0 Å². The highest BCUT2D eigenvalue weighted by Crippen LogP contribution is 2.36. The van der Waals surface area contributed by atoms with E-state index in [1.54, 1.807) is 4.90 Å². The molecule has 0 saturated carbocycles. The average molecular weight is 441 g/mol. The molecule has 4 aliphatic rings. The third-order valence-electron chi connectivity index (χ3n) is 7.85. The van der Waals surface area contributed by atoms with Crippen LogP contribution in [0.15, 0.2) is 18.2 Å². The Balaban J connectivity index is 1.25. The zero-order chi connectivity index (χ0) is 22.3. The number of nitrogens with one attached hydrogen (secondary N) is 2. The standard InChI is InChI=1S/C24H32N4O4/c29-20-5-4-19(22(30)26-20)28-15-17-3-1-2-16(21(17)23(28)31)14-27-12-6-18(7-13-27)24(32)8-10-25-11-9-24/h1-3,18-19,25,32H,4-15H2,(H,26,29,30). The summed E-state index contributed by atoms with van der Waals surface area (Å²) < 4.78 is 0. The normalized spacial score (nSPS) is 26.8. The van der Waals surface area contributed by atoms with Gasteiger partial charge in [0.25, 0.3) is 5.91 Å². The van der Waals surface area contributed by atoms with E-state index in [4.69, 9.17) is 0 Å². The molecule has 0 aliphatic carbocycles. The lowest BCUT2D eigenvalue weighted by atomic mass is 9.75. The Kier molecular flexibility index (Phi) is 5.77. The monoisotopic (exact) mass is 440 g/mol. The molecule has 3 fully saturated rings. The number of nitrogens with zero attached hydrogens (tertiary/aromatic N) is 2. The summed E-state index contributed by atoms with van der Waals surface area (Å²) in [4.78, 5) is 41.1. The maximum atomic E-state index is 13.3. The van der Waals surface area contributed by atoms with Gasteiger partial charge in [-0.25, -0.2) is 0 Å². The molecule has 0 bridgehead atoms. The molecule has 3 amide bonds. The molecule has 5 rings (SSSR count). The number of hydrogen-bond donors (Lipinski definition) is 3. The Morgan fingerprint density at radius 1 is 1.06 bits per heavy atom. The van der Waals surface area contributed by atoms with Gasteiger partial charge in [-0.05, 0) is 75.3 Å². The predicted molar refractivity (Wildman–Crippen MR) is 118 cm³/mol. The summed E-state index contributed by atoms with van der Waals surface area (Å²) >= 11 is 0. The van der Waals surface area contributed by atoms with Gasteiger partial charge in [0.2, 0.25) is 11.8 Å². The fourth-order valence-electron chi connectivity index (χ4n) is 5.96. The summed E-state index contributed by atoms with van der Waals surface area (Å²) in [5.41, 5.74) is 2.14. The number of benzene rings is 1. The molecule has 0 aromatic heterocycles. The maximum absolute atomic E-state index is 13.3. The van der Waals surface area contributed by atoms with E-state index in [1.807, 2.05) is 18.2 Å². The third-order valence-corrected chi connectivity index (χ3v) is 7.85. The summed E-state index contributed by atoms with van der Waals surface area (Å²) in [6.07, 6.45) is 4.25. The molecular weight excluding hydrogens is 408 g/mol. The molecule has 0 spiro atoms. The molecule has 3 saturated heterocycles. The van der Waals surface area contributed by atoms with Crippen molar-refractivity contribution in [3.8, 4) is 0 Å². The first-order valence-electron chi connectivity index (χ1n) is 11.9. The summed E-state index contributed by atoms with van der Waals surface area (Å²) in [5.74, 6) is -0.411. The third kappa shape index (κ3) is 3.95. The highest BCUT2D eigenvalue weighted by atomic mass is 16.3. The predicted octanol–water partition coefficient (Wildman–Crippen LogP) is 0.774. The summed E-state index contributed by atoms with van der Waals surface area (Å²) in [5, 5.41) is 16.8. The second-order valence-electron chi connectivity index (χ2n) is 9.76. The zero-order valence-electron chi connectivity index (χ0n) is 18.4. The molecule has 8 heteroatoms. The molecule has 4 aliphatic heterocycles. The molecule has 1 atom stereocenters. The van der Waals surface area contributed by atoms with Crippen LogP contribution in [-0.4, -0.2) is 70.4 Å². The van der Waals surface area contributed by atoms with Crippen molar-refractivity contribution >= 4 is 17.7 Å². The fourth-order valence-corrected chi connectivity index (χ4v) is 5.96. The van der Waals surface area contributed by atoms with Crippen LogP contribution in [0.25, 0.3) is 0 Å². The lowest BCUT2D eigenvalue weighted by molar-refractivity contribution is -0.136. The van der Waals surface area contributed by atoms with Gasteiger partial charge in [0.05, 0.1) is 5.60 Å². The quantitative estimate of drug-likeness (QED) is 0.598. The Morgan fingerprint density at radius 3 is 2.53 bits per heavy atom. The Morgan fingerprint density at radius 2 is 1.81 bits per heavy atom. The van der Waals surface area contributed by atoms with Crippen molar-refractivity contribution in [1.82, 2.24) is 20.4 Å². The second-order valence-corrected chi connectivity index (χ2v) is 9.76. The van der Waals surface area contributed by atoms with Crippen molar-refractivity contribution in [3.05, 3.63) is 34.9 Å². The van der Waals surface area contributed by atoms with Crippen molar-refractivity contribution in [2.45, 2.75) is 63.3 Å². The Hall–Kier alpha value is -2.29. The van der Waals surface area contributed by atoms with Crippen LogP contribution in [0.4, 0.5) is 0 Å². The first kappa shape index (κ1) is 21.6. The van der Waals surface area contributed by atoms with E-state index in [2.05, 4.69) is 15.5 Å². The number of piperidine rings is 3. The minimum absolute atomic E-state index is 0.107. The van der Waals surface area contributed by atoms with Gasteiger partial charge >= 0.3 is 0 Å². The van der Waals surface area contributed by atoms with Crippen molar-refractivity contribution in [2.24, 2.45) is 5.92 Å². The fraction of sp³-hybridized carbons (Fsp3) is 0.625. The number of amides is 3. The van der Waals surface area contributed by atoms with Gasteiger partial charge in [-0.2, -0.15) is 0 Å². The van der Waals surface area contributed by atoms with E-state index in [1.165, 1.54) is 0 Å². The molecule has 172 valence electrons. The Labute approximate surface area is 188 Å². The van der Waals surface area contributed by atoms with Crippen LogP contribution in [0.2, 0.25) is 0 Å². The SMILES string of the molecule is O=C1CCC(N2Cc3cccc(CN4CCC(C5(O)CCNCC5)CC4)c3C2=O)C(=O)N1. The van der Waals surface area contributed by atoms with Crippen LogP contribution < -0.4 is 10.6 Å². The molecule has 8 nitrogen and oxygen atoms in total. The second kappa shape index (κ2) is 8.57. The first-order valence-corrected chi connectivity index (χ1v) is 11.9. The lowest BCUT2D eigenvalue weighted by Gasteiger charge is -2.43. The largest absolute Gasteiger partial charge is 0.390 e. The van der Waals surface area contributed by atoms with Crippen LogP contribution in [0, 0.1) is 5.92 Å². The van der Waals surface area contributed by atoms with Crippen molar-refractivity contribution in [3.63, 3.8) is 0 Å². The Bertz CT molecular complexity index is 919. The number of likely N-dealkylation sites (tertiary alicyclic amines) is 1. The number of rotatable bonds is 4. The number of aliphatic hydroxyl groups is 1. The van der Waals surface area contributed by atoms with Gasteiger partial charge in [0, 0.05) is 25.1 Å². The zero-order valence-corrected chi connectivity index (χ0v) is 18.4. The molecule has 1 aromatic rings. The van der Waals surface area contributed by atoms with Crippen molar-refractivity contribution < 1.29 is 19.5 Å². The molecule has 4 heterocycles. The van der Waals surface area contributed by atoms with Gasteiger partial charge in [-0.3, -0.25) is 24.6 Å². The first-order chi connectivity index (χ1) is 15.4. The highest BCUT2D eigenvalue weighted by Gasteiger charge is 2.41. The molecule has 0 radical (unpaired) electrons. The van der Waals surface area contributed by atoms with E-state index >= 15 is 0 Å². The summed E-state index contributed by atoms with van der Waals surface area (Å²) in [6.45, 7) is 4.71. The number of hydrogen-bond acceptors (Lipinski definition) is 6. The summed E-state index contributed by atoms with van der Waals surface area (Å²) in [6, 6.07) is 5.38. The molecule has 3 N–H and O–H groups in total. The van der Waals surface area contributed by atoms with Crippen LogP contribution in [0.5, 0.6) is 0 Å². The number of imide groups is 1. The van der Waals surface area contributed by atoms with Gasteiger partial charge in [-0.1, -0.05) is 18.2 Å². The van der Waals surface area contributed by atoms with E-state index < -0.39 is 11.6 Å². The number of carbonyl (C=O) groups is 3. The lowest BCUT2D eigenvalue weighted by Crippen LogP contribution is -2.52. The van der Waals surface area contributed by atoms with Crippen molar-refractivity contribution in [2.75, 3.05) is 26.2 Å². The van der Waals surface area contributed by atoms with E-state index in [0.717, 1.165) is 68.6 Å². The summed E-state index contributed by atoms with van der Waals surface area (Å²) in [7, 11) is 0. The van der Waals surface area contributed by atoms with E-state index in [9.17, 15) is 19.5 Å². The van der Waals surface area contributed by atoms with E-state index in [0.29, 0.717) is 25.4 Å². The van der Waals surface area contributed by atoms with Crippen LogP contribution >= 0.6 is 0 Å². The van der Waals surface area contributed by atoms with Gasteiger partial charge in [0.1, 0.15) is 6.04 Å². The van der Waals surface area contributed by atoms with Gasteiger partial charge in [0.15, 0.2) is 0 Å². The smallest absolute Gasteiger partial charge is 0.255 e. The number of fused-ring (bicyclic) bond motifs is 1. The molecule has 32 heavy (non-hydrogen) atoms.